The van der Waals surface area contributed by atoms with Crippen LogP contribution in [0.1, 0.15) is 19.3 Å². The van der Waals surface area contributed by atoms with E-state index in [1.165, 1.54) is 25.8 Å². The Bertz CT molecular complexity index is 323. The van der Waals surface area contributed by atoms with Crippen LogP contribution in [0.25, 0.3) is 0 Å². The zero-order valence-electron chi connectivity index (χ0n) is 12.0. The van der Waals surface area contributed by atoms with Crippen molar-refractivity contribution in [3.63, 3.8) is 0 Å². The first-order chi connectivity index (χ1) is 9.22. The SMILES string of the molecule is CN1CCN(C(=O)CNC2CCN(C3CC3)C2)CC1. The quantitative estimate of drug-likeness (QED) is 0.751. The number of likely N-dealkylation sites (N-methyl/N-ethyl adjacent to an activating group) is 1. The molecule has 0 aromatic carbocycles. The van der Waals surface area contributed by atoms with Gasteiger partial charge in [-0.05, 0) is 26.3 Å². The molecule has 3 fully saturated rings. The van der Waals surface area contributed by atoms with Gasteiger partial charge in [0.1, 0.15) is 0 Å². The lowest BCUT2D eigenvalue weighted by molar-refractivity contribution is -0.131. The number of carbonyl (C=O) groups excluding carboxylic acids is 1. The smallest absolute Gasteiger partial charge is 0.236 e. The summed E-state index contributed by atoms with van der Waals surface area (Å²) in [5.41, 5.74) is 0. The number of nitrogens with zero attached hydrogens (tertiary/aromatic N) is 3. The molecule has 1 saturated carbocycles. The van der Waals surface area contributed by atoms with Crippen molar-refractivity contribution in [3.8, 4) is 0 Å². The highest BCUT2D eigenvalue weighted by molar-refractivity contribution is 5.78. The van der Waals surface area contributed by atoms with Gasteiger partial charge in [-0.2, -0.15) is 0 Å². The molecule has 2 aliphatic heterocycles. The fourth-order valence-electron chi connectivity index (χ4n) is 3.12. The lowest BCUT2D eigenvalue weighted by Gasteiger charge is -2.32. The van der Waals surface area contributed by atoms with Gasteiger partial charge < -0.3 is 15.1 Å². The largest absolute Gasteiger partial charge is 0.339 e. The number of hydrogen-bond donors (Lipinski definition) is 1. The van der Waals surface area contributed by atoms with Crippen molar-refractivity contribution in [2.45, 2.75) is 31.3 Å². The molecule has 1 N–H and O–H groups in total. The Kier molecular flexibility index (Phi) is 4.05. The van der Waals surface area contributed by atoms with Crippen LogP contribution in [0.4, 0.5) is 0 Å². The summed E-state index contributed by atoms with van der Waals surface area (Å²) in [7, 11) is 2.12. The molecule has 0 aromatic rings. The van der Waals surface area contributed by atoms with Crippen LogP contribution < -0.4 is 5.32 Å². The van der Waals surface area contributed by atoms with Crippen molar-refractivity contribution >= 4 is 5.91 Å². The maximum Gasteiger partial charge on any atom is 0.236 e. The van der Waals surface area contributed by atoms with E-state index < -0.39 is 0 Å². The summed E-state index contributed by atoms with van der Waals surface area (Å²) in [5.74, 6) is 0.276. The number of rotatable bonds is 4. The van der Waals surface area contributed by atoms with Crippen LogP contribution in [-0.2, 0) is 4.79 Å². The molecule has 3 rings (SSSR count). The Labute approximate surface area is 115 Å². The number of hydrogen-bond acceptors (Lipinski definition) is 4. The second kappa shape index (κ2) is 5.77. The van der Waals surface area contributed by atoms with E-state index in [-0.39, 0.29) is 5.91 Å². The molecule has 0 aromatic heterocycles. The first-order valence-corrected chi connectivity index (χ1v) is 7.66. The second-order valence-electron chi connectivity index (χ2n) is 6.28. The van der Waals surface area contributed by atoms with Crippen molar-refractivity contribution in [1.82, 2.24) is 20.0 Å². The van der Waals surface area contributed by atoms with Gasteiger partial charge in [0.15, 0.2) is 0 Å². The van der Waals surface area contributed by atoms with Crippen molar-refractivity contribution in [1.29, 1.82) is 0 Å². The van der Waals surface area contributed by atoms with E-state index in [1.807, 2.05) is 4.90 Å². The number of amides is 1. The normalized spacial score (nSPS) is 29.9. The Hall–Kier alpha value is -0.650. The number of likely N-dealkylation sites (tertiary alicyclic amines) is 1. The summed E-state index contributed by atoms with van der Waals surface area (Å²) in [6.45, 7) is 6.65. The van der Waals surface area contributed by atoms with Crippen LogP contribution in [-0.4, -0.2) is 85.6 Å². The van der Waals surface area contributed by atoms with Gasteiger partial charge in [-0.25, -0.2) is 0 Å². The number of nitrogens with one attached hydrogen (secondary N) is 1. The molecular formula is C14H26N4O. The summed E-state index contributed by atoms with van der Waals surface area (Å²) >= 11 is 0. The van der Waals surface area contributed by atoms with Gasteiger partial charge in [0.25, 0.3) is 0 Å². The Morgan fingerprint density at radius 2 is 1.84 bits per heavy atom. The van der Waals surface area contributed by atoms with Crippen LogP contribution in [0, 0.1) is 0 Å². The van der Waals surface area contributed by atoms with E-state index in [2.05, 4.69) is 22.2 Å². The second-order valence-corrected chi connectivity index (χ2v) is 6.28. The summed E-state index contributed by atoms with van der Waals surface area (Å²) in [5, 5.41) is 3.46. The predicted molar refractivity (Wildman–Crippen MR) is 75.1 cm³/mol. The highest BCUT2D eigenvalue weighted by Crippen LogP contribution is 2.29. The molecule has 1 aliphatic carbocycles. The minimum atomic E-state index is 0.276. The van der Waals surface area contributed by atoms with Crippen molar-refractivity contribution in [2.75, 3.05) is 52.9 Å². The molecule has 5 heteroatoms. The van der Waals surface area contributed by atoms with Crippen LogP contribution in [0.15, 0.2) is 0 Å². The van der Waals surface area contributed by atoms with E-state index in [9.17, 15) is 4.79 Å². The lowest BCUT2D eigenvalue weighted by atomic mass is 10.2. The molecule has 0 radical (unpaired) electrons. The van der Waals surface area contributed by atoms with E-state index in [1.54, 1.807) is 0 Å². The summed E-state index contributed by atoms with van der Waals surface area (Å²) < 4.78 is 0. The third-order valence-electron chi connectivity index (χ3n) is 4.68. The fraction of sp³-hybridized carbons (Fsp3) is 0.929. The predicted octanol–water partition coefficient (Wildman–Crippen LogP) is -0.413. The van der Waals surface area contributed by atoms with E-state index in [0.717, 1.165) is 38.8 Å². The zero-order valence-corrected chi connectivity index (χ0v) is 12.0. The van der Waals surface area contributed by atoms with E-state index in [4.69, 9.17) is 0 Å². The third-order valence-corrected chi connectivity index (χ3v) is 4.68. The maximum absolute atomic E-state index is 12.1. The molecule has 2 saturated heterocycles. The van der Waals surface area contributed by atoms with E-state index >= 15 is 0 Å². The van der Waals surface area contributed by atoms with Gasteiger partial charge in [-0.15, -0.1) is 0 Å². The summed E-state index contributed by atoms with van der Waals surface area (Å²) in [6, 6.07) is 1.39. The first-order valence-electron chi connectivity index (χ1n) is 7.66. The third kappa shape index (κ3) is 3.46. The Morgan fingerprint density at radius 1 is 1.11 bits per heavy atom. The molecule has 1 amide bonds. The molecule has 1 atom stereocenters. The van der Waals surface area contributed by atoms with Crippen LogP contribution in [0.3, 0.4) is 0 Å². The van der Waals surface area contributed by atoms with Gasteiger partial charge >= 0.3 is 0 Å². The Balaban J connectivity index is 1.36. The summed E-state index contributed by atoms with van der Waals surface area (Å²) in [6.07, 6.45) is 3.96. The molecule has 19 heavy (non-hydrogen) atoms. The van der Waals surface area contributed by atoms with Gasteiger partial charge in [0.05, 0.1) is 6.54 Å². The molecule has 2 heterocycles. The van der Waals surface area contributed by atoms with Crippen molar-refractivity contribution in [2.24, 2.45) is 0 Å². The van der Waals surface area contributed by atoms with Crippen LogP contribution in [0.5, 0.6) is 0 Å². The molecule has 3 aliphatic rings. The summed E-state index contributed by atoms with van der Waals surface area (Å²) in [4.78, 5) is 19.0. The van der Waals surface area contributed by atoms with E-state index in [0.29, 0.717) is 12.6 Å². The van der Waals surface area contributed by atoms with Crippen molar-refractivity contribution < 1.29 is 4.79 Å². The molecular weight excluding hydrogens is 240 g/mol. The highest BCUT2D eigenvalue weighted by Gasteiger charge is 2.34. The number of carbonyl (C=O) groups is 1. The van der Waals surface area contributed by atoms with Gasteiger partial charge in [-0.3, -0.25) is 9.69 Å². The van der Waals surface area contributed by atoms with Crippen LogP contribution >= 0.6 is 0 Å². The molecule has 0 spiro atoms. The average molecular weight is 266 g/mol. The van der Waals surface area contributed by atoms with Crippen LogP contribution in [0.2, 0.25) is 0 Å². The van der Waals surface area contributed by atoms with Crippen molar-refractivity contribution in [3.05, 3.63) is 0 Å². The fourth-order valence-corrected chi connectivity index (χ4v) is 3.12. The van der Waals surface area contributed by atoms with Gasteiger partial charge in [0, 0.05) is 51.4 Å². The maximum atomic E-state index is 12.1. The van der Waals surface area contributed by atoms with Gasteiger partial charge in [0.2, 0.25) is 5.91 Å². The molecule has 1 unspecified atom stereocenters. The Morgan fingerprint density at radius 3 is 2.53 bits per heavy atom. The standard InChI is InChI=1S/C14H26N4O/c1-16-6-8-17(9-7-16)14(19)10-15-12-4-5-18(11-12)13-2-3-13/h12-13,15H,2-11H2,1H3. The number of piperazine rings is 1. The molecule has 0 bridgehead atoms. The average Bonchev–Trinajstić information content (AvgIpc) is 3.16. The molecule has 5 nitrogen and oxygen atoms in total. The lowest BCUT2D eigenvalue weighted by Crippen LogP contribution is -2.50. The minimum Gasteiger partial charge on any atom is -0.339 e. The zero-order chi connectivity index (χ0) is 13.2. The topological polar surface area (TPSA) is 38.8 Å². The van der Waals surface area contributed by atoms with Gasteiger partial charge in [-0.1, -0.05) is 0 Å². The molecule has 108 valence electrons. The monoisotopic (exact) mass is 266 g/mol. The first kappa shape index (κ1) is 13.3. The minimum absolute atomic E-state index is 0.276. The highest BCUT2D eigenvalue weighted by atomic mass is 16.2.